The van der Waals surface area contributed by atoms with Gasteiger partial charge in [0.15, 0.2) is 0 Å². The van der Waals surface area contributed by atoms with Gasteiger partial charge < -0.3 is 9.64 Å². The second-order valence-corrected chi connectivity index (χ2v) is 2.73. The summed E-state index contributed by atoms with van der Waals surface area (Å²) in [7, 11) is 3.11. The summed E-state index contributed by atoms with van der Waals surface area (Å²) in [5, 5.41) is 8.76. The van der Waals surface area contributed by atoms with Gasteiger partial charge >= 0.3 is 5.97 Å². The van der Waals surface area contributed by atoms with E-state index in [0.717, 1.165) is 0 Å². The first kappa shape index (κ1) is 10.1. The van der Waals surface area contributed by atoms with Crippen molar-refractivity contribution in [1.29, 1.82) is 5.26 Å². The van der Waals surface area contributed by atoms with E-state index in [1.54, 1.807) is 24.6 Å². The van der Waals surface area contributed by atoms with Crippen LogP contribution in [0.5, 0.6) is 0 Å². The van der Waals surface area contributed by atoms with E-state index in [-0.39, 0.29) is 5.57 Å². The summed E-state index contributed by atoms with van der Waals surface area (Å²) in [4.78, 5) is 13.0. The number of carbonyl (C=O) groups excluding carboxylic acids is 1. The highest BCUT2D eigenvalue weighted by Crippen LogP contribution is 2.13. The molecule has 0 aromatic heterocycles. The first-order valence-electron chi connectivity index (χ1n) is 4.00. The Morgan fingerprint density at radius 1 is 1.50 bits per heavy atom. The van der Waals surface area contributed by atoms with Gasteiger partial charge in [0.1, 0.15) is 11.6 Å². The van der Waals surface area contributed by atoms with Gasteiger partial charge in [0.2, 0.25) is 0 Å². The molecule has 0 fully saturated rings. The van der Waals surface area contributed by atoms with Crippen molar-refractivity contribution in [1.82, 2.24) is 4.90 Å². The van der Waals surface area contributed by atoms with Gasteiger partial charge in [-0.2, -0.15) is 5.26 Å². The monoisotopic (exact) mass is 190 g/mol. The van der Waals surface area contributed by atoms with E-state index in [9.17, 15) is 4.79 Å². The second kappa shape index (κ2) is 4.28. The number of methoxy groups -OCH3 is 1. The lowest BCUT2D eigenvalue weighted by atomic mass is 10.1. The molecule has 14 heavy (non-hydrogen) atoms. The highest BCUT2D eigenvalue weighted by Gasteiger charge is 2.13. The van der Waals surface area contributed by atoms with E-state index in [1.807, 2.05) is 18.0 Å². The maximum atomic E-state index is 11.1. The van der Waals surface area contributed by atoms with Crippen LogP contribution in [0.4, 0.5) is 0 Å². The molecule has 0 N–H and O–H groups in total. The van der Waals surface area contributed by atoms with E-state index in [2.05, 4.69) is 4.74 Å². The van der Waals surface area contributed by atoms with Crippen molar-refractivity contribution in [3.05, 3.63) is 35.7 Å². The SMILES string of the molecule is COC(=O)C(C#N)=C1C=CN(C)C=C1. The summed E-state index contributed by atoms with van der Waals surface area (Å²) in [6.45, 7) is 0. The molecule has 1 heterocycles. The number of hydrogen-bond donors (Lipinski definition) is 0. The molecule has 1 rings (SSSR count). The van der Waals surface area contributed by atoms with Crippen LogP contribution in [0.3, 0.4) is 0 Å². The van der Waals surface area contributed by atoms with E-state index in [4.69, 9.17) is 5.26 Å². The Balaban J connectivity index is 3.04. The van der Waals surface area contributed by atoms with Crippen LogP contribution in [0.2, 0.25) is 0 Å². The minimum absolute atomic E-state index is 0.0214. The minimum atomic E-state index is -0.610. The van der Waals surface area contributed by atoms with Crippen LogP contribution < -0.4 is 0 Å². The van der Waals surface area contributed by atoms with Crippen LogP contribution in [-0.4, -0.2) is 25.0 Å². The average Bonchev–Trinajstić information content (AvgIpc) is 2.21. The normalized spacial score (nSPS) is 13.8. The average molecular weight is 190 g/mol. The number of carbonyl (C=O) groups is 1. The molecule has 0 unspecified atom stereocenters. The smallest absolute Gasteiger partial charge is 0.349 e. The molecule has 0 aromatic carbocycles. The molecule has 0 saturated heterocycles. The number of hydrogen-bond acceptors (Lipinski definition) is 4. The molecule has 72 valence electrons. The molecular formula is C10H10N2O2. The molecule has 1 aliphatic heterocycles. The van der Waals surface area contributed by atoms with E-state index in [0.29, 0.717) is 5.57 Å². The number of nitriles is 1. The fourth-order valence-electron chi connectivity index (χ4n) is 0.998. The predicted molar refractivity (Wildman–Crippen MR) is 50.7 cm³/mol. The quantitative estimate of drug-likeness (QED) is 0.351. The Hall–Kier alpha value is -2.02. The van der Waals surface area contributed by atoms with E-state index >= 15 is 0 Å². The van der Waals surface area contributed by atoms with E-state index in [1.165, 1.54) is 7.11 Å². The maximum Gasteiger partial charge on any atom is 0.349 e. The maximum absolute atomic E-state index is 11.1. The molecular weight excluding hydrogens is 180 g/mol. The Morgan fingerprint density at radius 3 is 2.50 bits per heavy atom. The van der Waals surface area contributed by atoms with Gasteiger partial charge in [0.05, 0.1) is 7.11 Å². The number of esters is 1. The van der Waals surface area contributed by atoms with Crippen molar-refractivity contribution in [2.24, 2.45) is 0 Å². The van der Waals surface area contributed by atoms with Crippen molar-refractivity contribution in [2.75, 3.05) is 14.2 Å². The van der Waals surface area contributed by atoms with Crippen molar-refractivity contribution in [2.45, 2.75) is 0 Å². The molecule has 0 radical (unpaired) electrons. The Bertz CT molecular complexity index is 356. The summed E-state index contributed by atoms with van der Waals surface area (Å²) in [5.41, 5.74) is 0.588. The van der Waals surface area contributed by atoms with Gasteiger partial charge in [-0.25, -0.2) is 4.79 Å². The zero-order valence-electron chi connectivity index (χ0n) is 8.02. The molecule has 0 saturated carbocycles. The fraction of sp³-hybridized carbons (Fsp3) is 0.200. The molecule has 0 atom stereocenters. The summed E-state index contributed by atoms with van der Waals surface area (Å²) >= 11 is 0. The summed E-state index contributed by atoms with van der Waals surface area (Å²) < 4.78 is 4.48. The highest BCUT2D eigenvalue weighted by atomic mass is 16.5. The highest BCUT2D eigenvalue weighted by molar-refractivity contribution is 5.94. The lowest BCUT2D eigenvalue weighted by Gasteiger charge is -2.12. The van der Waals surface area contributed by atoms with Crippen molar-refractivity contribution in [3.63, 3.8) is 0 Å². The van der Waals surface area contributed by atoms with Crippen molar-refractivity contribution in [3.8, 4) is 6.07 Å². The van der Waals surface area contributed by atoms with Crippen LogP contribution in [0, 0.1) is 11.3 Å². The zero-order chi connectivity index (χ0) is 10.6. The number of nitrogens with zero attached hydrogens (tertiary/aromatic N) is 2. The van der Waals surface area contributed by atoms with Crippen LogP contribution in [0.15, 0.2) is 35.7 Å². The van der Waals surface area contributed by atoms with Gasteiger partial charge in [-0.1, -0.05) is 0 Å². The first-order chi connectivity index (χ1) is 6.69. The first-order valence-corrected chi connectivity index (χ1v) is 4.00. The molecule has 4 heteroatoms. The standard InChI is InChI=1S/C10H10N2O2/c1-12-5-3-8(4-6-12)9(7-11)10(13)14-2/h3-6H,1-2H3. The number of rotatable bonds is 1. The molecule has 0 spiro atoms. The minimum Gasteiger partial charge on any atom is -0.465 e. The molecule has 0 aromatic rings. The lowest BCUT2D eigenvalue weighted by molar-refractivity contribution is -0.135. The number of allylic oxidation sites excluding steroid dienone is 3. The topological polar surface area (TPSA) is 53.3 Å². The molecule has 1 aliphatic rings. The number of ether oxygens (including phenoxy) is 1. The van der Waals surface area contributed by atoms with Crippen LogP contribution in [-0.2, 0) is 9.53 Å². The van der Waals surface area contributed by atoms with Gasteiger partial charge in [-0.05, 0) is 12.2 Å². The van der Waals surface area contributed by atoms with Gasteiger partial charge in [0.25, 0.3) is 0 Å². The van der Waals surface area contributed by atoms with Crippen LogP contribution in [0.25, 0.3) is 0 Å². The van der Waals surface area contributed by atoms with Crippen molar-refractivity contribution >= 4 is 5.97 Å². The third kappa shape index (κ3) is 2.02. The van der Waals surface area contributed by atoms with Gasteiger partial charge in [-0.15, -0.1) is 0 Å². The lowest BCUT2D eigenvalue weighted by Crippen LogP contribution is -2.09. The summed E-state index contributed by atoms with van der Waals surface area (Å²) in [6.07, 6.45) is 6.90. The van der Waals surface area contributed by atoms with Crippen LogP contribution in [0.1, 0.15) is 0 Å². The molecule has 4 nitrogen and oxygen atoms in total. The third-order valence-corrected chi connectivity index (χ3v) is 1.77. The molecule has 0 bridgehead atoms. The Kier molecular flexibility index (Phi) is 3.08. The largest absolute Gasteiger partial charge is 0.465 e. The second-order valence-electron chi connectivity index (χ2n) is 2.73. The summed E-state index contributed by atoms with van der Waals surface area (Å²) in [5.74, 6) is -0.610. The fourth-order valence-corrected chi connectivity index (χ4v) is 0.998. The third-order valence-electron chi connectivity index (χ3n) is 1.77. The molecule has 0 amide bonds. The summed E-state index contributed by atoms with van der Waals surface area (Å²) in [6, 6.07) is 1.82. The Labute approximate surface area is 82.4 Å². The van der Waals surface area contributed by atoms with Gasteiger partial charge in [0, 0.05) is 25.0 Å². The zero-order valence-corrected chi connectivity index (χ0v) is 8.02. The van der Waals surface area contributed by atoms with Crippen molar-refractivity contribution < 1.29 is 9.53 Å². The van der Waals surface area contributed by atoms with E-state index < -0.39 is 5.97 Å². The molecule has 0 aliphatic carbocycles. The van der Waals surface area contributed by atoms with Gasteiger partial charge in [-0.3, -0.25) is 0 Å². The van der Waals surface area contributed by atoms with Crippen LogP contribution >= 0.6 is 0 Å². The Morgan fingerprint density at radius 2 is 2.07 bits per heavy atom. The predicted octanol–water partition coefficient (Wildman–Crippen LogP) is 0.952.